The molecule has 1 aliphatic rings. The van der Waals surface area contributed by atoms with Crippen molar-refractivity contribution in [2.75, 3.05) is 16.8 Å². The van der Waals surface area contributed by atoms with E-state index in [9.17, 15) is 4.79 Å². The van der Waals surface area contributed by atoms with Crippen molar-refractivity contribution in [3.05, 3.63) is 88.4 Å². The molecule has 1 aliphatic heterocycles. The fraction of sp³-hybridized carbons (Fsp3) is 0.136. The van der Waals surface area contributed by atoms with Gasteiger partial charge in [-0.15, -0.1) is 0 Å². The molecule has 0 aliphatic carbocycles. The van der Waals surface area contributed by atoms with Crippen molar-refractivity contribution in [3.63, 3.8) is 0 Å². The van der Waals surface area contributed by atoms with E-state index in [1.165, 1.54) is 0 Å². The number of para-hydroxylation sites is 1. The summed E-state index contributed by atoms with van der Waals surface area (Å²) in [4.78, 5) is 14.9. The van der Waals surface area contributed by atoms with Crippen molar-refractivity contribution in [2.24, 2.45) is 0 Å². The van der Waals surface area contributed by atoms with Crippen molar-refractivity contribution >= 4 is 33.2 Å². The number of hydrogen-bond acceptors (Lipinski definition) is 3. The lowest BCUT2D eigenvalue weighted by molar-refractivity contribution is 0.0993. The van der Waals surface area contributed by atoms with E-state index < -0.39 is 0 Å². The number of halogens is 1. The monoisotopic (exact) mass is 422 g/mol. The van der Waals surface area contributed by atoms with Crippen LogP contribution in [-0.4, -0.2) is 12.5 Å². The molecule has 4 rings (SSSR count). The van der Waals surface area contributed by atoms with E-state index in [2.05, 4.69) is 21.2 Å². The summed E-state index contributed by atoms with van der Waals surface area (Å²) in [5.74, 6) is 0.778. The van der Waals surface area contributed by atoms with Crippen LogP contribution in [0.15, 0.2) is 77.3 Å². The molecule has 1 amide bonds. The highest BCUT2D eigenvalue weighted by molar-refractivity contribution is 9.10. The van der Waals surface area contributed by atoms with Gasteiger partial charge in [0.05, 0.1) is 12.3 Å². The molecular weight excluding hydrogens is 404 g/mol. The Morgan fingerprint density at radius 2 is 1.70 bits per heavy atom. The highest BCUT2D eigenvalue weighted by atomic mass is 79.9. The molecule has 0 fully saturated rings. The number of anilines is 2. The van der Waals surface area contributed by atoms with E-state index in [4.69, 9.17) is 4.74 Å². The normalized spacial score (nSPS) is 15.6. The molecule has 3 aromatic carbocycles. The SMILES string of the molecule is CCOc1ccc(N2C(=O)c3ccccc3C2Nc2ccccc2Br)cc1. The minimum atomic E-state index is -0.287. The minimum absolute atomic E-state index is 0.0145. The molecular formula is C22H19BrN2O2. The zero-order valence-corrected chi connectivity index (χ0v) is 16.4. The van der Waals surface area contributed by atoms with E-state index in [-0.39, 0.29) is 12.1 Å². The first kappa shape index (κ1) is 17.6. The fourth-order valence-electron chi connectivity index (χ4n) is 3.32. The molecule has 0 radical (unpaired) electrons. The van der Waals surface area contributed by atoms with Gasteiger partial charge >= 0.3 is 0 Å². The second-order valence-electron chi connectivity index (χ2n) is 6.22. The Morgan fingerprint density at radius 1 is 1.00 bits per heavy atom. The number of ether oxygens (including phenoxy) is 1. The highest BCUT2D eigenvalue weighted by Crippen LogP contribution is 2.39. The number of carbonyl (C=O) groups excluding carboxylic acids is 1. The smallest absolute Gasteiger partial charge is 0.260 e. The Hall–Kier alpha value is -2.79. The zero-order chi connectivity index (χ0) is 18.8. The third kappa shape index (κ3) is 3.30. The van der Waals surface area contributed by atoms with E-state index in [1.807, 2.05) is 79.7 Å². The average Bonchev–Trinajstić information content (AvgIpc) is 2.97. The molecule has 0 saturated carbocycles. The first-order valence-corrected chi connectivity index (χ1v) is 9.64. The number of nitrogens with one attached hydrogen (secondary N) is 1. The standard InChI is InChI=1S/C22H19BrN2O2/c1-2-27-16-13-11-15(12-14-16)25-21(24-20-10-6-5-9-19(20)23)17-7-3-4-8-18(17)22(25)26/h3-14,21,24H,2H2,1H3. The van der Waals surface area contributed by atoms with Gasteiger partial charge in [0.15, 0.2) is 0 Å². The van der Waals surface area contributed by atoms with Gasteiger partial charge in [-0.05, 0) is 65.3 Å². The lowest BCUT2D eigenvalue weighted by Crippen LogP contribution is -2.32. The number of nitrogens with zero attached hydrogens (tertiary/aromatic N) is 1. The van der Waals surface area contributed by atoms with Crippen LogP contribution in [-0.2, 0) is 0 Å². The van der Waals surface area contributed by atoms with Crippen LogP contribution in [0, 0.1) is 0 Å². The first-order chi connectivity index (χ1) is 13.2. The van der Waals surface area contributed by atoms with E-state index >= 15 is 0 Å². The largest absolute Gasteiger partial charge is 0.494 e. The van der Waals surface area contributed by atoms with Crippen molar-refractivity contribution < 1.29 is 9.53 Å². The molecule has 1 N–H and O–H groups in total. The molecule has 1 unspecified atom stereocenters. The number of benzene rings is 3. The zero-order valence-electron chi connectivity index (χ0n) is 14.9. The number of carbonyl (C=O) groups is 1. The predicted molar refractivity (Wildman–Crippen MR) is 111 cm³/mol. The summed E-state index contributed by atoms with van der Waals surface area (Å²) in [6.07, 6.45) is -0.287. The molecule has 5 heteroatoms. The molecule has 0 spiro atoms. The van der Waals surface area contributed by atoms with Gasteiger partial charge in [0.2, 0.25) is 0 Å². The Morgan fingerprint density at radius 3 is 2.44 bits per heavy atom. The van der Waals surface area contributed by atoms with Crippen LogP contribution < -0.4 is 15.0 Å². The lowest BCUT2D eigenvalue weighted by Gasteiger charge is -2.27. The highest BCUT2D eigenvalue weighted by Gasteiger charge is 2.37. The summed E-state index contributed by atoms with van der Waals surface area (Å²) in [6.45, 7) is 2.56. The number of fused-ring (bicyclic) bond motifs is 1. The fourth-order valence-corrected chi connectivity index (χ4v) is 3.72. The number of hydrogen-bond donors (Lipinski definition) is 1. The van der Waals surface area contributed by atoms with Gasteiger partial charge in [0, 0.05) is 21.3 Å². The molecule has 0 aromatic heterocycles. The Labute approximate surface area is 166 Å². The molecule has 0 bridgehead atoms. The van der Waals surface area contributed by atoms with Crippen LogP contribution in [0.25, 0.3) is 0 Å². The Balaban J connectivity index is 1.74. The summed E-state index contributed by atoms with van der Waals surface area (Å²) in [5, 5.41) is 3.51. The Kier molecular flexibility index (Phi) is 4.86. The van der Waals surface area contributed by atoms with Crippen LogP contribution in [0.3, 0.4) is 0 Å². The summed E-state index contributed by atoms with van der Waals surface area (Å²) in [5.41, 5.74) is 3.44. The first-order valence-electron chi connectivity index (χ1n) is 8.85. The number of rotatable bonds is 5. The lowest BCUT2D eigenvalue weighted by atomic mass is 10.1. The minimum Gasteiger partial charge on any atom is -0.494 e. The van der Waals surface area contributed by atoms with Crippen molar-refractivity contribution in [1.29, 1.82) is 0 Å². The molecule has 1 atom stereocenters. The van der Waals surface area contributed by atoms with E-state index in [1.54, 1.807) is 4.90 Å². The summed E-state index contributed by atoms with van der Waals surface area (Å²) in [7, 11) is 0. The molecule has 4 nitrogen and oxygen atoms in total. The third-order valence-electron chi connectivity index (χ3n) is 4.55. The second-order valence-corrected chi connectivity index (χ2v) is 7.07. The maximum atomic E-state index is 13.1. The van der Waals surface area contributed by atoms with Crippen LogP contribution in [0.2, 0.25) is 0 Å². The van der Waals surface area contributed by atoms with Gasteiger partial charge in [-0.25, -0.2) is 0 Å². The van der Waals surface area contributed by atoms with Gasteiger partial charge in [-0.3, -0.25) is 9.69 Å². The predicted octanol–water partition coefficient (Wildman–Crippen LogP) is 5.62. The van der Waals surface area contributed by atoms with Crippen molar-refractivity contribution in [3.8, 4) is 5.75 Å². The van der Waals surface area contributed by atoms with Crippen LogP contribution in [0.1, 0.15) is 29.0 Å². The quantitative estimate of drug-likeness (QED) is 0.579. The maximum absolute atomic E-state index is 13.1. The van der Waals surface area contributed by atoms with Crippen molar-refractivity contribution in [1.82, 2.24) is 0 Å². The van der Waals surface area contributed by atoms with E-state index in [0.717, 1.165) is 32.7 Å². The molecule has 0 saturated heterocycles. The van der Waals surface area contributed by atoms with Crippen LogP contribution >= 0.6 is 15.9 Å². The summed E-state index contributed by atoms with van der Waals surface area (Å²) >= 11 is 3.58. The Bertz CT molecular complexity index is 972. The maximum Gasteiger partial charge on any atom is 0.260 e. The van der Waals surface area contributed by atoms with Crippen LogP contribution in [0.4, 0.5) is 11.4 Å². The van der Waals surface area contributed by atoms with Crippen LogP contribution in [0.5, 0.6) is 5.75 Å². The van der Waals surface area contributed by atoms with Gasteiger partial charge in [-0.2, -0.15) is 0 Å². The van der Waals surface area contributed by atoms with E-state index in [0.29, 0.717) is 6.61 Å². The van der Waals surface area contributed by atoms with Gasteiger partial charge < -0.3 is 10.1 Å². The third-order valence-corrected chi connectivity index (χ3v) is 5.25. The van der Waals surface area contributed by atoms with Gasteiger partial charge in [-0.1, -0.05) is 30.3 Å². The van der Waals surface area contributed by atoms with Gasteiger partial charge in [0.1, 0.15) is 11.9 Å². The molecule has 3 aromatic rings. The van der Waals surface area contributed by atoms with Crippen molar-refractivity contribution in [2.45, 2.75) is 13.1 Å². The molecule has 136 valence electrons. The topological polar surface area (TPSA) is 41.6 Å². The molecule has 1 heterocycles. The second kappa shape index (κ2) is 7.45. The molecule has 27 heavy (non-hydrogen) atoms. The number of amides is 1. The summed E-state index contributed by atoms with van der Waals surface area (Å²) < 4.78 is 6.48. The summed E-state index contributed by atoms with van der Waals surface area (Å²) in [6, 6.07) is 23.3. The van der Waals surface area contributed by atoms with Gasteiger partial charge in [0.25, 0.3) is 5.91 Å². The average molecular weight is 423 g/mol.